The molecule has 0 aromatic heterocycles. The van der Waals surface area contributed by atoms with E-state index in [1.165, 1.54) is 38.5 Å². The highest BCUT2D eigenvalue weighted by atomic mass is 16.5. The Hall–Kier alpha value is -1.28. The summed E-state index contributed by atoms with van der Waals surface area (Å²) in [5.41, 5.74) is 14.1. The first-order chi connectivity index (χ1) is 17.3. The van der Waals surface area contributed by atoms with E-state index in [9.17, 15) is 0 Å². The van der Waals surface area contributed by atoms with Gasteiger partial charge < -0.3 is 31.2 Å². The van der Waals surface area contributed by atoms with E-state index < -0.39 is 0 Å². The number of rotatable bonds is 17. The Balaban J connectivity index is 2.33. The summed E-state index contributed by atoms with van der Waals surface area (Å²) in [6, 6.07) is 1.05. The molecule has 2 aliphatic rings. The van der Waals surface area contributed by atoms with E-state index in [0.717, 1.165) is 50.7 Å². The van der Waals surface area contributed by atoms with Gasteiger partial charge in [-0.25, -0.2) is 0 Å². The van der Waals surface area contributed by atoms with E-state index in [1.54, 1.807) is 7.11 Å². The summed E-state index contributed by atoms with van der Waals surface area (Å²) in [5, 5.41) is 3.78. The highest BCUT2D eigenvalue weighted by Gasteiger charge is 2.38. The molecule has 2 rings (SSSR count). The third kappa shape index (κ3) is 9.55. The van der Waals surface area contributed by atoms with Crippen LogP contribution in [-0.4, -0.2) is 73.6 Å². The number of nitrogens with one attached hydrogen (secondary N) is 1. The molecule has 0 bridgehead atoms. The lowest BCUT2D eigenvalue weighted by molar-refractivity contribution is -0.0736. The van der Waals surface area contributed by atoms with Gasteiger partial charge in [-0.2, -0.15) is 0 Å². The molecule has 0 spiro atoms. The molecule has 210 valence electrons. The van der Waals surface area contributed by atoms with Gasteiger partial charge in [0.2, 0.25) is 0 Å². The fraction of sp³-hybridized carbons (Fsp3) is 0.862. The summed E-state index contributed by atoms with van der Waals surface area (Å²) in [7, 11) is 1.75. The van der Waals surface area contributed by atoms with Crippen molar-refractivity contribution >= 4 is 0 Å². The Kier molecular flexibility index (Phi) is 14.2. The second-order valence-electron chi connectivity index (χ2n) is 11.2. The van der Waals surface area contributed by atoms with Gasteiger partial charge in [0, 0.05) is 31.8 Å². The summed E-state index contributed by atoms with van der Waals surface area (Å²) in [6.45, 7) is 14.6. The number of methoxy groups -OCH3 is 1. The van der Waals surface area contributed by atoms with Crippen LogP contribution >= 0.6 is 0 Å². The molecule has 7 nitrogen and oxygen atoms in total. The van der Waals surface area contributed by atoms with Crippen LogP contribution in [0.2, 0.25) is 0 Å². The van der Waals surface area contributed by atoms with Crippen molar-refractivity contribution in [3.05, 3.63) is 23.7 Å². The molecule has 0 amide bonds. The fourth-order valence-electron chi connectivity index (χ4n) is 5.82. The number of hydrogen-bond donors (Lipinski definition) is 3. The van der Waals surface area contributed by atoms with E-state index in [2.05, 4.69) is 61.9 Å². The molecule has 1 heterocycles. The van der Waals surface area contributed by atoms with Gasteiger partial charge >= 0.3 is 0 Å². The van der Waals surface area contributed by atoms with E-state index in [4.69, 9.17) is 20.9 Å². The number of nitrogens with two attached hydrogens (primary N) is 2. The molecule has 36 heavy (non-hydrogen) atoms. The molecule has 0 aromatic carbocycles. The van der Waals surface area contributed by atoms with Crippen molar-refractivity contribution in [2.24, 2.45) is 17.4 Å². The molecule has 6 atom stereocenters. The van der Waals surface area contributed by atoms with Crippen LogP contribution in [0.4, 0.5) is 0 Å². The molecular formula is C29H57N5O2. The zero-order chi connectivity index (χ0) is 26.5. The van der Waals surface area contributed by atoms with Crippen molar-refractivity contribution in [3.8, 4) is 0 Å². The third-order valence-electron chi connectivity index (χ3n) is 8.09. The average Bonchev–Trinajstić information content (AvgIpc) is 3.33. The fourth-order valence-corrected chi connectivity index (χ4v) is 5.82. The van der Waals surface area contributed by atoms with Gasteiger partial charge in [0.25, 0.3) is 0 Å². The summed E-state index contributed by atoms with van der Waals surface area (Å²) in [6.07, 6.45) is 15.2. The predicted octanol–water partition coefficient (Wildman–Crippen LogP) is 4.54. The minimum Gasteiger partial charge on any atom is -0.384 e. The Bertz CT molecular complexity index is 666. The predicted molar refractivity (Wildman–Crippen MR) is 151 cm³/mol. The lowest BCUT2D eigenvalue weighted by Gasteiger charge is -2.45. The van der Waals surface area contributed by atoms with Gasteiger partial charge in [0.15, 0.2) is 0 Å². The molecule has 0 radical (unpaired) electrons. The van der Waals surface area contributed by atoms with Crippen LogP contribution in [-0.2, 0) is 9.47 Å². The molecule has 5 N–H and O–H groups in total. The van der Waals surface area contributed by atoms with Gasteiger partial charge in [-0.15, -0.1) is 0 Å². The summed E-state index contributed by atoms with van der Waals surface area (Å²) < 4.78 is 11.6. The highest BCUT2D eigenvalue weighted by Crippen LogP contribution is 2.31. The van der Waals surface area contributed by atoms with Crippen molar-refractivity contribution in [1.29, 1.82) is 0 Å². The minimum absolute atomic E-state index is 0.0281. The molecule has 1 aliphatic heterocycles. The van der Waals surface area contributed by atoms with Crippen LogP contribution < -0.4 is 16.8 Å². The standard InChI is InChI=1S/C29H57N5O2/c1-7-9-10-15-25(32-23(4)20-35-6)28(29(30)31)34(24(5)14-11-13-22(3)8-2)21-33-18-19-36-27-17-12-16-26(27)33/h9-10,22-27,32H,7-8,11-21,30-31H2,1-6H3/b10-9-/t22-,23?,24?,25?,26?,27?/m0/s1. The number of nitrogens with zero attached hydrogens (tertiary/aromatic N) is 2. The zero-order valence-corrected chi connectivity index (χ0v) is 24.2. The normalized spacial score (nSPS) is 23.8. The number of morpholine rings is 1. The van der Waals surface area contributed by atoms with Gasteiger partial charge in [-0.05, 0) is 58.3 Å². The van der Waals surface area contributed by atoms with Crippen LogP contribution in [0, 0.1) is 5.92 Å². The van der Waals surface area contributed by atoms with E-state index in [1.807, 2.05) is 0 Å². The van der Waals surface area contributed by atoms with Crippen molar-refractivity contribution in [3.63, 3.8) is 0 Å². The maximum Gasteiger partial charge on any atom is 0.115 e. The second-order valence-corrected chi connectivity index (χ2v) is 11.2. The summed E-state index contributed by atoms with van der Waals surface area (Å²) >= 11 is 0. The SMILES string of the molecule is CC/C=C\CC(NC(C)COC)C(=C(N)N)N(CN1CCOC2CCCC21)C(C)CCC[C@@H](C)CC. The average molecular weight is 508 g/mol. The molecule has 7 heteroatoms. The number of allylic oxidation sites excluding steroid dienone is 1. The lowest BCUT2D eigenvalue weighted by atomic mass is 9.98. The molecule has 1 saturated heterocycles. The molecule has 1 saturated carbocycles. The monoisotopic (exact) mass is 507 g/mol. The van der Waals surface area contributed by atoms with Crippen LogP contribution in [0.3, 0.4) is 0 Å². The Morgan fingerprint density at radius 3 is 2.61 bits per heavy atom. The maximum absolute atomic E-state index is 6.52. The first kappa shape index (κ1) is 30.9. The third-order valence-corrected chi connectivity index (χ3v) is 8.09. The summed E-state index contributed by atoms with van der Waals surface area (Å²) in [5.74, 6) is 1.19. The van der Waals surface area contributed by atoms with Crippen LogP contribution in [0.25, 0.3) is 0 Å². The topological polar surface area (TPSA) is 89.0 Å². The molecule has 5 unspecified atom stereocenters. The van der Waals surface area contributed by atoms with Crippen molar-refractivity contribution in [2.45, 2.75) is 123 Å². The van der Waals surface area contributed by atoms with Gasteiger partial charge in [0.05, 0.1) is 37.7 Å². The van der Waals surface area contributed by atoms with Crippen LogP contribution in [0.15, 0.2) is 23.7 Å². The lowest BCUT2D eigenvalue weighted by Crippen LogP contribution is -2.56. The molecule has 0 aromatic rings. The smallest absolute Gasteiger partial charge is 0.115 e. The second kappa shape index (κ2) is 16.5. The Labute approximate surface area is 222 Å². The number of hydrogen-bond acceptors (Lipinski definition) is 7. The minimum atomic E-state index is 0.0281. The van der Waals surface area contributed by atoms with Gasteiger partial charge in [-0.1, -0.05) is 52.2 Å². The summed E-state index contributed by atoms with van der Waals surface area (Å²) in [4.78, 5) is 5.15. The van der Waals surface area contributed by atoms with Crippen molar-refractivity contribution < 1.29 is 9.47 Å². The van der Waals surface area contributed by atoms with Gasteiger partial charge in [-0.3, -0.25) is 4.90 Å². The van der Waals surface area contributed by atoms with E-state index in [-0.39, 0.29) is 12.1 Å². The first-order valence-electron chi connectivity index (χ1n) is 14.6. The first-order valence-corrected chi connectivity index (χ1v) is 14.6. The highest BCUT2D eigenvalue weighted by molar-refractivity contribution is 5.18. The van der Waals surface area contributed by atoms with Crippen LogP contribution in [0.1, 0.15) is 92.4 Å². The largest absolute Gasteiger partial charge is 0.384 e. The quantitative estimate of drug-likeness (QED) is 0.249. The van der Waals surface area contributed by atoms with Crippen molar-refractivity contribution in [1.82, 2.24) is 15.1 Å². The number of ether oxygens (including phenoxy) is 2. The Morgan fingerprint density at radius 2 is 1.94 bits per heavy atom. The van der Waals surface area contributed by atoms with Crippen molar-refractivity contribution in [2.75, 3.05) is 33.5 Å². The maximum atomic E-state index is 6.52. The van der Waals surface area contributed by atoms with Crippen LogP contribution in [0.5, 0.6) is 0 Å². The van der Waals surface area contributed by atoms with E-state index in [0.29, 0.717) is 30.6 Å². The number of fused-ring (bicyclic) bond motifs is 1. The molecule has 1 aliphatic carbocycles. The van der Waals surface area contributed by atoms with Gasteiger partial charge in [0.1, 0.15) is 5.82 Å². The molecule has 2 fully saturated rings. The molecular weight excluding hydrogens is 450 g/mol. The zero-order valence-electron chi connectivity index (χ0n) is 24.2. The van der Waals surface area contributed by atoms with E-state index >= 15 is 0 Å². The Morgan fingerprint density at radius 1 is 1.17 bits per heavy atom.